The van der Waals surface area contributed by atoms with Gasteiger partial charge in [0.1, 0.15) is 0 Å². The first-order valence-corrected chi connectivity index (χ1v) is 9.11. The van der Waals surface area contributed by atoms with Gasteiger partial charge in [0.25, 0.3) is 0 Å². The topological polar surface area (TPSA) is 12.0 Å². The molecule has 0 unspecified atom stereocenters. The highest BCUT2D eigenvalue weighted by atomic mass is 14.9. The van der Waals surface area contributed by atoms with E-state index in [1.165, 1.54) is 38.9 Å². The zero-order valence-electron chi connectivity index (χ0n) is 16.2. The molecule has 1 N–H and O–H groups in total. The van der Waals surface area contributed by atoms with Gasteiger partial charge in [0, 0.05) is 12.2 Å². The first-order valence-electron chi connectivity index (χ1n) is 9.11. The summed E-state index contributed by atoms with van der Waals surface area (Å²) in [6.45, 7) is 13.3. The first kappa shape index (κ1) is 18.0. The van der Waals surface area contributed by atoms with E-state index in [9.17, 15) is 0 Å². The van der Waals surface area contributed by atoms with Crippen LogP contribution in [0.2, 0.25) is 0 Å². The second kappa shape index (κ2) is 7.61. The molecule has 0 atom stereocenters. The highest BCUT2D eigenvalue weighted by Crippen LogP contribution is 2.24. The van der Waals surface area contributed by atoms with E-state index >= 15 is 0 Å². The van der Waals surface area contributed by atoms with Crippen LogP contribution >= 0.6 is 0 Å². The Hall–Kier alpha value is -2.80. The summed E-state index contributed by atoms with van der Waals surface area (Å²) in [5, 5.41) is 3.51. The van der Waals surface area contributed by atoms with Crippen molar-refractivity contribution < 1.29 is 0 Å². The van der Waals surface area contributed by atoms with E-state index < -0.39 is 0 Å². The van der Waals surface area contributed by atoms with Gasteiger partial charge in [-0.25, -0.2) is 0 Å². The fraction of sp³-hybridized carbons (Fsp3) is 0.200. The van der Waals surface area contributed by atoms with Crippen molar-refractivity contribution in [2.75, 3.05) is 5.32 Å². The van der Waals surface area contributed by atoms with Crippen molar-refractivity contribution in [2.45, 2.75) is 34.2 Å². The molecule has 0 saturated heterocycles. The third kappa shape index (κ3) is 4.05. The van der Waals surface area contributed by atoms with Crippen LogP contribution in [0.15, 0.2) is 67.2 Å². The highest BCUT2D eigenvalue weighted by molar-refractivity contribution is 5.67. The van der Waals surface area contributed by atoms with Crippen LogP contribution in [0.3, 0.4) is 0 Å². The van der Waals surface area contributed by atoms with Crippen LogP contribution in [0, 0.1) is 20.8 Å². The number of anilines is 1. The maximum atomic E-state index is 4.03. The molecule has 3 rings (SSSR count). The summed E-state index contributed by atoms with van der Waals surface area (Å²) in [4.78, 5) is 0. The van der Waals surface area contributed by atoms with E-state index in [0.29, 0.717) is 0 Å². The van der Waals surface area contributed by atoms with E-state index in [1.807, 2.05) is 6.92 Å². The largest absolute Gasteiger partial charge is 0.381 e. The van der Waals surface area contributed by atoms with E-state index in [1.54, 1.807) is 0 Å². The van der Waals surface area contributed by atoms with Crippen molar-refractivity contribution in [1.82, 2.24) is 0 Å². The van der Waals surface area contributed by atoms with Gasteiger partial charge in [-0.3, -0.25) is 0 Å². The third-order valence-corrected chi connectivity index (χ3v) is 4.98. The van der Waals surface area contributed by atoms with Gasteiger partial charge in [-0.15, -0.1) is 0 Å². The van der Waals surface area contributed by atoms with Crippen molar-refractivity contribution in [3.63, 3.8) is 0 Å². The minimum atomic E-state index is 0.819. The summed E-state index contributed by atoms with van der Waals surface area (Å²) in [6, 6.07) is 21.9. The van der Waals surface area contributed by atoms with Gasteiger partial charge in [-0.1, -0.05) is 60.7 Å². The Balaban J connectivity index is 1.69. The average molecular weight is 341 g/mol. The zero-order chi connectivity index (χ0) is 18.7. The fourth-order valence-corrected chi connectivity index (χ4v) is 3.19. The quantitative estimate of drug-likeness (QED) is 0.531. The van der Waals surface area contributed by atoms with Gasteiger partial charge in [0.15, 0.2) is 0 Å². The van der Waals surface area contributed by atoms with E-state index in [0.717, 1.165) is 17.8 Å². The molecular formula is C25H27N. The Morgan fingerprint density at radius 2 is 1.46 bits per heavy atom. The molecule has 132 valence electrons. The number of hydrogen-bond acceptors (Lipinski definition) is 1. The Morgan fingerprint density at radius 3 is 2.08 bits per heavy atom. The summed E-state index contributed by atoms with van der Waals surface area (Å²) in [5.74, 6) is 0. The fourth-order valence-electron chi connectivity index (χ4n) is 3.19. The standard InChI is InChI=1S/C25H27N/c1-17(2)25-13-12-24(15-20(25)5)26-16-21-7-10-22(11-8-21)23-9-6-18(3)19(4)14-23/h6-15,26H,1,16H2,2-5H3. The molecule has 0 fully saturated rings. The summed E-state index contributed by atoms with van der Waals surface area (Å²) < 4.78 is 0. The van der Waals surface area contributed by atoms with Crippen molar-refractivity contribution in [3.8, 4) is 11.1 Å². The molecule has 0 aliphatic rings. The maximum absolute atomic E-state index is 4.03. The number of aryl methyl sites for hydroxylation is 3. The van der Waals surface area contributed by atoms with Crippen LogP contribution < -0.4 is 5.32 Å². The van der Waals surface area contributed by atoms with Crippen LogP contribution in [0.4, 0.5) is 5.69 Å². The maximum Gasteiger partial charge on any atom is 0.0400 e. The van der Waals surface area contributed by atoms with Crippen LogP contribution in [0.25, 0.3) is 16.7 Å². The Kier molecular flexibility index (Phi) is 5.27. The second-order valence-corrected chi connectivity index (χ2v) is 7.16. The van der Waals surface area contributed by atoms with Crippen LogP contribution in [-0.2, 0) is 6.54 Å². The van der Waals surface area contributed by atoms with Crippen molar-refractivity contribution >= 4 is 11.3 Å². The van der Waals surface area contributed by atoms with Crippen LogP contribution in [0.5, 0.6) is 0 Å². The van der Waals surface area contributed by atoms with Crippen LogP contribution in [0.1, 0.15) is 34.7 Å². The predicted octanol–water partition coefficient (Wildman–Crippen LogP) is 6.92. The number of nitrogens with one attached hydrogen (secondary N) is 1. The lowest BCUT2D eigenvalue weighted by molar-refractivity contribution is 1.15. The molecule has 3 aromatic rings. The molecule has 0 spiro atoms. The lowest BCUT2D eigenvalue weighted by Gasteiger charge is -2.11. The van der Waals surface area contributed by atoms with E-state index in [-0.39, 0.29) is 0 Å². The number of allylic oxidation sites excluding steroid dienone is 1. The van der Waals surface area contributed by atoms with Crippen molar-refractivity contribution in [3.05, 3.63) is 95.1 Å². The van der Waals surface area contributed by atoms with Gasteiger partial charge >= 0.3 is 0 Å². The van der Waals surface area contributed by atoms with Gasteiger partial charge in [-0.2, -0.15) is 0 Å². The monoisotopic (exact) mass is 341 g/mol. The molecule has 0 bridgehead atoms. The summed E-state index contributed by atoms with van der Waals surface area (Å²) in [7, 11) is 0. The van der Waals surface area contributed by atoms with Gasteiger partial charge in [0.05, 0.1) is 0 Å². The Labute approximate surface area is 157 Å². The molecule has 0 aromatic heterocycles. The van der Waals surface area contributed by atoms with Gasteiger partial charge in [-0.05, 0) is 78.8 Å². The molecule has 0 aliphatic carbocycles. The van der Waals surface area contributed by atoms with E-state index in [2.05, 4.69) is 93.3 Å². The van der Waals surface area contributed by atoms with Crippen LogP contribution in [-0.4, -0.2) is 0 Å². The van der Waals surface area contributed by atoms with Crippen molar-refractivity contribution in [1.29, 1.82) is 0 Å². The SMILES string of the molecule is C=C(C)c1ccc(NCc2ccc(-c3ccc(C)c(C)c3)cc2)cc1C. The molecule has 0 amide bonds. The normalized spacial score (nSPS) is 10.6. The molecule has 1 heteroatoms. The molecule has 0 saturated carbocycles. The van der Waals surface area contributed by atoms with Gasteiger partial charge < -0.3 is 5.32 Å². The summed E-state index contributed by atoms with van der Waals surface area (Å²) >= 11 is 0. The molecule has 26 heavy (non-hydrogen) atoms. The molecule has 1 nitrogen and oxygen atoms in total. The molecule has 3 aromatic carbocycles. The summed E-state index contributed by atoms with van der Waals surface area (Å²) in [5.41, 5.74) is 11.2. The first-order chi connectivity index (χ1) is 12.4. The minimum absolute atomic E-state index is 0.819. The summed E-state index contributed by atoms with van der Waals surface area (Å²) in [6.07, 6.45) is 0. The zero-order valence-corrected chi connectivity index (χ0v) is 16.2. The van der Waals surface area contributed by atoms with E-state index in [4.69, 9.17) is 0 Å². The predicted molar refractivity (Wildman–Crippen MR) is 115 cm³/mol. The molecule has 0 heterocycles. The second-order valence-electron chi connectivity index (χ2n) is 7.16. The Morgan fingerprint density at radius 1 is 0.769 bits per heavy atom. The third-order valence-electron chi connectivity index (χ3n) is 4.98. The highest BCUT2D eigenvalue weighted by Gasteiger charge is 2.03. The van der Waals surface area contributed by atoms with Gasteiger partial charge in [0.2, 0.25) is 0 Å². The molecule has 0 aliphatic heterocycles. The van der Waals surface area contributed by atoms with Crippen molar-refractivity contribution in [2.24, 2.45) is 0 Å². The average Bonchev–Trinajstić information content (AvgIpc) is 2.62. The number of hydrogen-bond donors (Lipinski definition) is 1. The lowest BCUT2D eigenvalue weighted by atomic mass is 9.99. The smallest absolute Gasteiger partial charge is 0.0400 e. The minimum Gasteiger partial charge on any atom is -0.381 e. The number of benzene rings is 3. The number of rotatable bonds is 5. The Bertz CT molecular complexity index is 933. The molecular weight excluding hydrogens is 314 g/mol. The molecule has 0 radical (unpaired) electrons. The lowest BCUT2D eigenvalue weighted by Crippen LogP contribution is -2.00.